The molecule has 4 heteroatoms. The van der Waals surface area contributed by atoms with Gasteiger partial charge in [-0.1, -0.05) is 86.1 Å². The van der Waals surface area contributed by atoms with Crippen molar-refractivity contribution >= 4 is 55.0 Å². The van der Waals surface area contributed by atoms with Gasteiger partial charge in [-0.25, -0.2) is 4.90 Å². The molecule has 0 aliphatic carbocycles. The molecule has 4 aromatic carbocycles. The molecule has 0 saturated heterocycles. The van der Waals surface area contributed by atoms with Crippen molar-refractivity contribution in [2.24, 2.45) is 0 Å². The molecule has 5 rings (SSSR count). The van der Waals surface area contributed by atoms with Gasteiger partial charge in [0.25, 0.3) is 11.8 Å². The molecule has 160 valence electrons. The number of anilines is 1. The molecule has 0 fully saturated rings. The summed E-state index contributed by atoms with van der Waals surface area (Å²) in [5.41, 5.74) is 3.93. The van der Waals surface area contributed by atoms with Gasteiger partial charge < -0.3 is 0 Å². The van der Waals surface area contributed by atoms with Crippen LogP contribution >= 0.6 is 15.9 Å². The molecule has 0 spiro atoms. The van der Waals surface area contributed by atoms with Gasteiger partial charge in [-0.05, 0) is 57.3 Å². The van der Waals surface area contributed by atoms with E-state index in [0.717, 1.165) is 42.8 Å². The predicted octanol–water partition coefficient (Wildman–Crippen LogP) is 7.80. The third-order valence-corrected chi connectivity index (χ3v) is 7.08. The van der Waals surface area contributed by atoms with Crippen LogP contribution in [0.4, 0.5) is 5.69 Å². The van der Waals surface area contributed by atoms with Crippen LogP contribution in [0.3, 0.4) is 0 Å². The molecular weight excluding hydrogens is 462 g/mol. The SMILES string of the molecule is CC(C)c1cccc(C(C)C)c1N1C(=O)c2cccc3cc4c(Br)cccc4c(c23)C1=O. The van der Waals surface area contributed by atoms with Crippen LogP contribution in [0.15, 0.2) is 65.1 Å². The van der Waals surface area contributed by atoms with E-state index in [0.29, 0.717) is 11.1 Å². The molecule has 0 bridgehead atoms. The molecule has 2 amide bonds. The van der Waals surface area contributed by atoms with E-state index in [1.165, 1.54) is 4.90 Å². The summed E-state index contributed by atoms with van der Waals surface area (Å²) in [6.45, 7) is 8.40. The number of imide groups is 1. The second kappa shape index (κ2) is 7.56. The zero-order valence-corrected chi connectivity index (χ0v) is 20.2. The number of halogens is 1. The fourth-order valence-electron chi connectivity index (χ4n) is 4.86. The summed E-state index contributed by atoms with van der Waals surface area (Å²) in [5, 5.41) is 3.47. The van der Waals surface area contributed by atoms with Crippen LogP contribution in [0.25, 0.3) is 21.5 Å². The molecule has 1 heterocycles. The minimum Gasteiger partial charge on any atom is -0.268 e. The molecule has 0 atom stereocenters. The number of nitrogens with zero attached hydrogens (tertiary/aromatic N) is 1. The number of rotatable bonds is 3. The van der Waals surface area contributed by atoms with Crippen LogP contribution in [-0.2, 0) is 0 Å². The molecule has 1 aliphatic heterocycles. The highest BCUT2D eigenvalue weighted by Crippen LogP contribution is 2.43. The standard InChI is InChI=1S/C28H24BrNO2/c1-15(2)18-9-6-10-19(16(3)4)26(18)30-27(31)21-12-5-8-17-14-22-20(11-7-13-23(22)29)25(24(17)21)28(30)32/h5-16H,1-4H3. The van der Waals surface area contributed by atoms with Gasteiger partial charge in [-0.2, -0.15) is 0 Å². The molecule has 0 N–H and O–H groups in total. The topological polar surface area (TPSA) is 37.4 Å². The van der Waals surface area contributed by atoms with Crippen molar-refractivity contribution in [1.82, 2.24) is 0 Å². The Bertz CT molecular complexity index is 1410. The largest absolute Gasteiger partial charge is 0.268 e. The monoisotopic (exact) mass is 485 g/mol. The van der Waals surface area contributed by atoms with Gasteiger partial charge in [-0.15, -0.1) is 0 Å². The number of carbonyl (C=O) groups is 2. The lowest BCUT2D eigenvalue weighted by Crippen LogP contribution is -2.42. The van der Waals surface area contributed by atoms with Gasteiger partial charge >= 0.3 is 0 Å². The zero-order valence-electron chi connectivity index (χ0n) is 18.6. The minimum atomic E-state index is -0.252. The normalized spacial score (nSPS) is 13.8. The first kappa shape index (κ1) is 20.9. The Hall–Kier alpha value is -2.98. The fourth-order valence-corrected chi connectivity index (χ4v) is 5.34. The number of para-hydroxylation sites is 1. The van der Waals surface area contributed by atoms with Gasteiger partial charge in [-0.3, -0.25) is 9.59 Å². The summed E-state index contributed by atoms with van der Waals surface area (Å²) in [5.74, 6) is -0.166. The average molecular weight is 486 g/mol. The Kier molecular flexibility index (Phi) is 4.94. The Labute approximate surface area is 196 Å². The number of fused-ring (bicyclic) bond motifs is 2. The van der Waals surface area contributed by atoms with Crippen molar-refractivity contribution in [3.63, 3.8) is 0 Å². The van der Waals surface area contributed by atoms with Crippen LogP contribution in [0.2, 0.25) is 0 Å². The van der Waals surface area contributed by atoms with Crippen LogP contribution in [0.1, 0.15) is 71.4 Å². The highest BCUT2D eigenvalue weighted by Gasteiger charge is 2.38. The average Bonchev–Trinajstić information content (AvgIpc) is 2.76. The van der Waals surface area contributed by atoms with Gasteiger partial charge in [0.1, 0.15) is 0 Å². The van der Waals surface area contributed by atoms with Crippen molar-refractivity contribution < 1.29 is 9.59 Å². The van der Waals surface area contributed by atoms with Crippen LogP contribution in [-0.4, -0.2) is 11.8 Å². The molecule has 0 radical (unpaired) electrons. The summed E-state index contributed by atoms with van der Waals surface area (Å²) < 4.78 is 0.931. The molecule has 3 nitrogen and oxygen atoms in total. The number of carbonyl (C=O) groups excluding carboxylic acids is 2. The quantitative estimate of drug-likeness (QED) is 0.219. The summed E-state index contributed by atoms with van der Waals surface area (Å²) in [6.07, 6.45) is 0. The van der Waals surface area contributed by atoms with Crippen LogP contribution < -0.4 is 4.90 Å². The second-order valence-electron chi connectivity index (χ2n) is 9.03. The van der Waals surface area contributed by atoms with E-state index in [4.69, 9.17) is 0 Å². The lowest BCUT2D eigenvalue weighted by atomic mass is 9.87. The summed E-state index contributed by atoms with van der Waals surface area (Å²) in [7, 11) is 0. The third kappa shape index (κ3) is 2.93. The van der Waals surface area contributed by atoms with Crippen molar-refractivity contribution in [2.45, 2.75) is 39.5 Å². The second-order valence-corrected chi connectivity index (χ2v) is 9.88. The highest BCUT2D eigenvalue weighted by atomic mass is 79.9. The van der Waals surface area contributed by atoms with Gasteiger partial charge in [0.2, 0.25) is 0 Å². The molecular formula is C28H24BrNO2. The third-order valence-electron chi connectivity index (χ3n) is 6.39. The van der Waals surface area contributed by atoms with E-state index in [-0.39, 0.29) is 23.7 Å². The van der Waals surface area contributed by atoms with Gasteiger partial charge in [0, 0.05) is 15.4 Å². The Morgan fingerprint density at radius 1 is 0.750 bits per heavy atom. The highest BCUT2D eigenvalue weighted by molar-refractivity contribution is 9.10. The van der Waals surface area contributed by atoms with Crippen LogP contribution in [0.5, 0.6) is 0 Å². The van der Waals surface area contributed by atoms with E-state index < -0.39 is 0 Å². The first-order valence-electron chi connectivity index (χ1n) is 11.0. The molecule has 4 aromatic rings. The lowest BCUT2D eigenvalue weighted by molar-refractivity contribution is 0.0894. The van der Waals surface area contributed by atoms with E-state index in [2.05, 4.69) is 49.7 Å². The fraction of sp³-hybridized carbons (Fsp3) is 0.214. The molecule has 0 unspecified atom stereocenters. The van der Waals surface area contributed by atoms with E-state index in [9.17, 15) is 9.59 Å². The van der Waals surface area contributed by atoms with Gasteiger partial charge in [0.05, 0.1) is 11.3 Å². The van der Waals surface area contributed by atoms with Gasteiger partial charge in [0.15, 0.2) is 0 Å². The lowest BCUT2D eigenvalue weighted by Gasteiger charge is -2.32. The van der Waals surface area contributed by atoms with Crippen molar-refractivity contribution in [3.05, 3.63) is 87.4 Å². The molecule has 0 aromatic heterocycles. The maximum absolute atomic E-state index is 14.2. The smallest absolute Gasteiger partial charge is 0.266 e. The first-order valence-corrected chi connectivity index (χ1v) is 11.8. The molecule has 32 heavy (non-hydrogen) atoms. The van der Waals surface area contributed by atoms with Crippen LogP contribution in [0, 0.1) is 0 Å². The number of amides is 2. The molecule has 0 saturated carbocycles. The number of benzene rings is 4. The maximum Gasteiger partial charge on any atom is 0.266 e. The van der Waals surface area contributed by atoms with Crippen molar-refractivity contribution in [3.8, 4) is 0 Å². The maximum atomic E-state index is 14.2. The summed E-state index contributed by atoms with van der Waals surface area (Å²) >= 11 is 3.64. The van der Waals surface area contributed by atoms with E-state index >= 15 is 0 Å². The molecule has 1 aliphatic rings. The summed E-state index contributed by atoms with van der Waals surface area (Å²) in [6, 6.07) is 19.7. The number of hydrogen-bond donors (Lipinski definition) is 0. The first-order chi connectivity index (χ1) is 15.3. The Balaban J connectivity index is 1.90. The minimum absolute atomic E-state index is 0.170. The van der Waals surface area contributed by atoms with E-state index in [1.807, 2.05) is 54.6 Å². The Morgan fingerprint density at radius 2 is 1.38 bits per heavy atom. The van der Waals surface area contributed by atoms with Crippen molar-refractivity contribution in [1.29, 1.82) is 0 Å². The van der Waals surface area contributed by atoms with E-state index in [1.54, 1.807) is 0 Å². The predicted molar refractivity (Wildman–Crippen MR) is 135 cm³/mol. The number of hydrogen-bond acceptors (Lipinski definition) is 2. The van der Waals surface area contributed by atoms with Crippen molar-refractivity contribution in [2.75, 3.05) is 4.90 Å². The Morgan fingerprint density at radius 3 is 2.03 bits per heavy atom. The summed E-state index contributed by atoms with van der Waals surface area (Å²) in [4.78, 5) is 29.5. The zero-order chi connectivity index (χ0) is 22.7.